The Morgan fingerprint density at radius 1 is 1.32 bits per heavy atom. The van der Waals surface area contributed by atoms with Crippen LogP contribution in [0.3, 0.4) is 0 Å². The average molecular weight is 264 g/mol. The zero-order valence-corrected chi connectivity index (χ0v) is 12.0. The number of nitrogens with one attached hydrogen (secondary N) is 2. The van der Waals surface area contributed by atoms with Gasteiger partial charge in [-0.1, -0.05) is 12.8 Å². The molecule has 4 N–H and O–H groups in total. The molecule has 0 atom stereocenters. The Bertz CT molecular complexity index is 425. The number of nitrogens with zero attached hydrogens (tertiary/aromatic N) is 3. The van der Waals surface area contributed by atoms with Crippen LogP contribution in [0.1, 0.15) is 31.4 Å². The highest BCUT2D eigenvalue weighted by Gasteiger charge is 2.35. The molecule has 1 aliphatic rings. The Balaban J connectivity index is 2.07. The van der Waals surface area contributed by atoms with Gasteiger partial charge in [0.05, 0.1) is 0 Å². The summed E-state index contributed by atoms with van der Waals surface area (Å²) in [4.78, 5) is 10.8. The number of nitrogen functional groups attached to an aromatic ring is 1. The normalized spacial score (nSPS) is 17.7. The van der Waals surface area contributed by atoms with E-state index in [2.05, 4.69) is 39.7 Å². The molecule has 0 radical (unpaired) electrons. The predicted molar refractivity (Wildman–Crippen MR) is 78.0 cm³/mol. The molecule has 0 bridgehead atoms. The van der Waals surface area contributed by atoms with Gasteiger partial charge in [0, 0.05) is 23.8 Å². The van der Waals surface area contributed by atoms with E-state index in [1.165, 1.54) is 25.7 Å². The van der Waals surface area contributed by atoms with Gasteiger partial charge in [-0.2, -0.15) is 4.98 Å². The van der Waals surface area contributed by atoms with E-state index in [9.17, 15) is 0 Å². The van der Waals surface area contributed by atoms with E-state index in [4.69, 9.17) is 5.84 Å². The molecule has 2 rings (SSSR count). The summed E-state index contributed by atoms with van der Waals surface area (Å²) < 4.78 is 0. The Labute approximate surface area is 114 Å². The van der Waals surface area contributed by atoms with Crippen LogP contribution in [0.25, 0.3) is 0 Å². The fourth-order valence-corrected chi connectivity index (χ4v) is 2.79. The van der Waals surface area contributed by atoms with Crippen molar-refractivity contribution in [2.45, 2.75) is 38.1 Å². The van der Waals surface area contributed by atoms with E-state index < -0.39 is 0 Å². The molecule has 0 saturated heterocycles. The summed E-state index contributed by atoms with van der Waals surface area (Å²) in [5, 5.41) is 3.44. The molecule has 0 unspecified atom stereocenters. The Morgan fingerprint density at radius 3 is 2.58 bits per heavy atom. The van der Waals surface area contributed by atoms with Crippen molar-refractivity contribution in [3.8, 4) is 0 Å². The van der Waals surface area contributed by atoms with Crippen LogP contribution in [0.2, 0.25) is 0 Å². The number of likely N-dealkylation sites (N-methyl/N-ethyl adjacent to an activating group) is 1. The van der Waals surface area contributed by atoms with Crippen LogP contribution in [-0.4, -0.2) is 41.0 Å². The van der Waals surface area contributed by atoms with E-state index >= 15 is 0 Å². The summed E-state index contributed by atoms with van der Waals surface area (Å²) in [6, 6.07) is 1.94. The van der Waals surface area contributed by atoms with Gasteiger partial charge in [0.2, 0.25) is 5.95 Å². The first-order chi connectivity index (χ1) is 9.05. The molecular formula is C13H24N6. The minimum atomic E-state index is 0.245. The third-order valence-electron chi connectivity index (χ3n) is 4.06. The van der Waals surface area contributed by atoms with Crippen molar-refractivity contribution in [1.29, 1.82) is 0 Å². The Hall–Kier alpha value is -1.40. The van der Waals surface area contributed by atoms with Crippen LogP contribution in [0.4, 0.5) is 11.8 Å². The van der Waals surface area contributed by atoms with Crippen LogP contribution >= 0.6 is 0 Å². The molecule has 1 saturated carbocycles. The van der Waals surface area contributed by atoms with Crippen molar-refractivity contribution in [2.75, 3.05) is 31.4 Å². The van der Waals surface area contributed by atoms with Crippen LogP contribution in [-0.2, 0) is 0 Å². The smallest absolute Gasteiger partial charge is 0.239 e. The van der Waals surface area contributed by atoms with Gasteiger partial charge in [-0.25, -0.2) is 10.8 Å². The summed E-state index contributed by atoms with van der Waals surface area (Å²) in [5.74, 6) is 6.65. The summed E-state index contributed by atoms with van der Waals surface area (Å²) in [6.45, 7) is 2.84. The van der Waals surface area contributed by atoms with Crippen molar-refractivity contribution in [2.24, 2.45) is 5.84 Å². The SMILES string of the molecule is Cc1cc(NCC2(N(C)C)CCCC2)nc(NN)n1. The second kappa shape index (κ2) is 5.71. The van der Waals surface area contributed by atoms with Gasteiger partial charge in [-0.05, 0) is 33.9 Å². The average Bonchev–Trinajstić information content (AvgIpc) is 2.86. The lowest BCUT2D eigenvalue weighted by Crippen LogP contribution is -2.47. The minimum Gasteiger partial charge on any atom is -0.368 e. The standard InChI is InChI=1S/C13H24N6/c1-10-8-11(17-12(16-10)18-14)15-9-13(19(2)3)6-4-5-7-13/h8H,4-7,9,14H2,1-3H3,(H2,15,16,17,18). The molecule has 1 heterocycles. The second-order valence-corrected chi connectivity index (χ2v) is 5.54. The van der Waals surface area contributed by atoms with Gasteiger partial charge in [0.25, 0.3) is 0 Å². The highest BCUT2D eigenvalue weighted by Crippen LogP contribution is 2.33. The molecular weight excluding hydrogens is 240 g/mol. The summed E-state index contributed by atoms with van der Waals surface area (Å²) in [6.07, 6.45) is 5.08. The molecule has 19 heavy (non-hydrogen) atoms. The van der Waals surface area contributed by atoms with E-state index in [1.807, 2.05) is 13.0 Å². The van der Waals surface area contributed by atoms with Gasteiger partial charge in [-0.15, -0.1) is 0 Å². The highest BCUT2D eigenvalue weighted by molar-refractivity contribution is 5.42. The van der Waals surface area contributed by atoms with E-state index in [1.54, 1.807) is 0 Å². The van der Waals surface area contributed by atoms with Crippen molar-refractivity contribution in [3.63, 3.8) is 0 Å². The Morgan fingerprint density at radius 2 is 2.00 bits per heavy atom. The van der Waals surface area contributed by atoms with Gasteiger partial charge >= 0.3 is 0 Å². The number of anilines is 2. The zero-order chi connectivity index (χ0) is 13.9. The van der Waals surface area contributed by atoms with Crippen molar-refractivity contribution >= 4 is 11.8 Å². The van der Waals surface area contributed by atoms with Gasteiger partial charge in [0.1, 0.15) is 5.82 Å². The summed E-state index contributed by atoms with van der Waals surface area (Å²) in [5.41, 5.74) is 3.64. The molecule has 1 fully saturated rings. The molecule has 6 nitrogen and oxygen atoms in total. The van der Waals surface area contributed by atoms with E-state index in [0.717, 1.165) is 18.1 Å². The quantitative estimate of drug-likeness (QED) is 0.550. The number of nitrogens with two attached hydrogens (primary N) is 1. The molecule has 1 aromatic rings. The summed E-state index contributed by atoms with van der Waals surface area (Å²) >= 11 is 0. The lowest BCUT2D eigenvalue weighted by molar-refractivity contribution is 0.172. The fourth-order valence-electron chi connectivity index (χ4n) is 2.79. The van der Waals surface area contributed by atoms with Gasteiger partial charge in [-0.3, -0.25) is 5.43 Å². The first-order valence-electron chi connectivity index (χ1n) is 6.79. The maximum atomic E-state index is 5.37. The number of aromatic nitrogens is 2. The van der Waals surface area contributed by atoms with Crippen molar-refractivity contribution < 1.29 is 0 Å². The van der Waals surface area contributed by atoms with E-state index in [-0.39, 0.29) is 5.54 Å². The number of hydrogen-bond donors (Lipinski definition) is 3. The first kappa shape index (κ1) is 14.0. The molecule has 0 aliphatic heterocycles. The van der Waals surface area contributed by atoms with Crippen molar-refractivity contribution in [1.82, 2.24) is 14.9 Å². The first-order valence-corrected chi connectivity index (χ1v) is 6.79. The van der Waals surface area contributed by atoms with Gasteiger partial charge < -0.3 is 10.2 Å². The Kier molecular flexibility index (Phi) is 4.21. The topological polar surface area (TPSA) is 79.1 Å². The molecule has 6 heteroatoms. The van der Waals surface area contributed by atoms with Crippen LogP contribution in [0, 0.1) is 6.92 Å². The zero-order valence-electron chi connectivity index (χ0n) is 12.0. The monoisotopic (exact) mass is 264 g/mol. The fraction of sp³-hybridized carbons (Fsp3) is 0.692. The molecule has 106 valence electrons. The molecule has 0 spiro atoms. The number of hydrazine groups is 1. The molecule has 1 aromatic heterocycles. The summed E-state index contributed by atoms with van der Waals surface area (Å²) in [7, 11) is 4.32. The highest BCUT2D eigenvalue weighted by atomic mass is 15.3. The molecule has 0 amide bonds. The number of hydrogen-bond acceptors (Lipinski definition) is 6. The van der Waals surface area contributed by atoms with Crippen molar-refractivity contribution in [3.05, 3.63) is 11.8 Å². The van der Waals surface area contributed by atoms with Gasteiger partial charge in [0.15, 0.2) is 0 Å². The number of rotatable bonds is 5. The van der Waals surface area contributed by atoms with Crippen LogP contribution in [0.15, 0.2) is 6.07 Å². The third kappa shape index (κ3) is 3.13. The van der Waals surface area contributed by atoms with E-state index in [0.29, 0.717) is 5.95 Å². The maximum Gasteiger partial charge on any atom is 0.239 e. The lowest BCUT2D eigenvalue weighted by Gasteiger charge is -2.36. The third-order valence-corrected chi connectivity index (χ3v) is 4.06. The number of aryl methyl sites for hydroxylation is 1. The van der Waals surface area contributed by atoms with Crippen LogP contribution in [0.5, 0.6) is 0 Å². The minimum absolute atomic E-state index is 0.245. The molecule has 0 aromatic carbocycles. The predicted octanol–water partition coefficient (Wildman–Crippen LogP) is 1.36. The van der Waals surface area contributed by atoms with Crippen LogP contribution < -0.4 is 16.6 Å². The molecule has 1 aliphatic carbocycles. The second-order valence-electron chi connectivity index (χ2n) is 5.54. The largest absolute Gasteiger partial charge is 0.368 e. The lowest BCUT2D eigenvalue weighted by atomic mass is 9.96. The maximum absolute atomic E-state index is 5.37.